The van der Waals surface area contributed by atoms with Crippen molar-refractivity contribution in [1.82, 2.24) is 15.0 Å². The fraction of sp³-hybridized carbons (Fsp3) is 0. The zero-order chi connectivity index (χ0) is 33.7. The Morgan fingerprint density at radius 1 is 0.373 bits per heavy atom. The number of rotatable bonds is 5. The third kappa shape index (κ3) is 5.04. The van der Waals surface area contributed by atoms with Crippen LogP contribution in [0, 0.1) is 0 Å². The Morgan fingerprint density at radius 3 is 1.75 bits per heavy atom. The normalized spacial score (nSPS) is 11.5. The van der Waals surface area contributed by atoms with Crippen molar-refractivity contribution >= 4 is 43.6 Å². The van der Waals surface area contributed by atoms with E-state index in [2.05, 4.69) is 140 Å². The Hall–Kier alpha value is -6.91. The summed E-state index contributed by atoms with van der Waals surface area (Å²) in [6.07, 6.45) is 1.89. The van der Waals surface area contributed by atoms with Crippen LogP contribution in [0.15, 0.2) is 180 Å². The molecule has 0 aliphatic carbocycles. The number of para-hydroxylation sites is 1. The molecule has 3 heterocycles. The molecule has 0 saturated heterocycles. The summed E-state index contributed by atoms with van der Waals surface area (Å²) in [6.45, 7) is 0. The number of furan rings is 1. The highest BCUT2D eigenvalue weighted by atomic mass is 16.3. The summed E-state index contributed by atoms with van der Waals surface area (Å²) in [5.74, 6) is 0.659. The van der Waals surface area contributed by atoms with E-state index in [0.717, 1.165) is 66.7 Å². The van der Waals surface area contributed by atoms with Crippen LogP contribution >= 0.6 is 0 Å². The van der Waals surface area contributed by atoms with Gasteiger partial charge in [-0.3, -0.25) is 0 Å². The van der Waals surface area contributed by atoms with Crippen LogP contribution in [-0.4, -0.2) is 15.0 Å². The summed E-state index contributed by atoms with van der Waals surface area (Å²) in [6, 6.07) is 59.2. The largest absolute Gasteiger partial charge is 0.438 e. The molecule has 0 aliphatic heterocycles. The molecule has 4 heteroatoms. The van der Waals surface area contributed by atoms with E-state index in [9.17, 15) is 0 Å². The highest BCUT2D eigenvalue weighted by Crippen LogP contribution is 2.42. The Balaban J connectivity index is 1.26. The first-order chi connectivity index (χ1) is 25.3. The van der Waals surface area contributed by atoms with Crippen molar-refractivity contribution in [1.29, 1.82) is 0 Å². The van der Waals surface area contributed by atoms with Crippen molar-refractivity contribution in [2.24, 2.45) is 0 Å². The van der Waals surface area contributed by atoms with Gasteiger partial charge in [0.1, 0.15) is 5.58 Å². The van der Waals surface area contributed by atoms with Gasteiger partial charge in [0.2, 0.25) is 5.71 Å². The summed E-state index contributed by atoms with van der Waals surface area (Å²) < 4.78 is 6.07. The molecule has 4 nitrogen and oxygen atoms in total. The molecule has 0 fully saturated rings. The fourth-order valence-electron chi connectivity index (χ4n) is 7.27. The lowest BCUT2D eigenvalue weighted by Crippen LogP contribution is -1.98. The highest BCUT2D eigenvalue weighted by Gasteiger charge is 2.19. The summed E-state index contributed by atoms with van der Waals surface area (Å²) in [5, 5.41) is 6.85. The molecule has 0 N–H and O–H groups in total. The first kappa shape index (κ1) is 29.0. The van der Waals surface area contributed by atoms with Gasteiger partial charge in [0.15, 0.2) is 5.82 Å². The standard InChI is InChI=1S/C47H29N3O/c1-3-13-30(14-4-1)43-28-44(31-15-5-2-6-16-31)50-46(49-43)41-25-32(34-27-42-39-21-11-12-22-45(39)51-47(42)48-29-34)23-24-38(41)40-26-33-17-7-8-18-35(33)36-19-9-10-20-37(36)40/h1-29H. The van der Waals surface area contributed by atoms with Gasteiger partial charge in [-0.05, 0) is 68.6 Å². The topological polar surface area (TPSA) is 51.8 Å². The molecule has 10 aromatic rings. The lowest BCUT2D eigenvalue weighted by Gasteiger charge is -2.17. The Bertz CT molecular complexity index is 2860. The summed E-state index contributed by atoms with van der Waals surface area (Å²) in [4.78, 5) is 15.4. The van der Waals surface area contributed by atoms with Crippen molar-refractivity contribution in [2.45, 2.75) is 0 Å². The van der Waals surface area contributed by atoms with Crippen LogP contribution in [0.4, 0.5) is 0 Å². The number of aromatic nitrogens is 3. The molecule has 0 bridgehead atoms. The number of hydrogen-bond acceptors (Lipinski definition) is 4. The smallest absolute Gasteiger partial charge is 0.227 e. The average molecular weight is 652 g/mol. The van der Waals surface area contributed by atoms with Crippen LogP contribution in [-0.2, 0) is 0 Å². The zero-order valence-corrected chi connectivity index (χ0v) is 27.5. The van der Waals surface area contributed by atoms with Crippen molar-refractivity contribution in [3.05, 3.63) is 176 Å². The molecule has 7 aromatic carbocycles. The number of hydrogen-bond donors (Lipinski definition) is 0. The van der Waals surface area contributed by atoms with E-state index in [4.69, 9.17) is 19.4 Å². The first-order valence-electron chi connectivity index (χ1n) is 17.1. The molecule has 0 atom stereocenters. The third-order valence-corrected chi connectivity index (χ3v) is 9.75. The molecule has 0 radical (unpaired) electrons. The molecule has 0 amide bonds. The van der Waals surface area contributed by atoms with E-state index >= 15 is 0 Å². The minimum Gasteiger partial charge on any atom is -0.438 e. The van der Waals surface area contributed by atoms with Crippen LogP contribution in [0.5, 0.6) is 0 Å². The number of benzene rings is 7. The molecule has 0 spiro atoms. The second-order valence-corrected chi connectivity index (χ2v) is 12.8. The minimum absolute atomic E-state index is 0.630. The molecule has 0 aliphatic rings. The SMILES string of the molecule is c1ccc(-c2cc(-c3ccccc3)nc(-c3cc(-c4cnc5oc6ccccc6c5c4)ccc3-c3cc4ccccc4c4ccccc34)n2)cc1. The van der Waals surface area contributed by atoms with Gasteiger partial charge in [-0.2, -0.15) is 0 Å². The van der Waals surface area contributed by atoms with Crippen molar-refractivity contribution in [3.8, 4) is 56.2 Å². The minimum atomic E-state index is 0.630. The number of nitrogens with zero attached hydrogens (tertiary/aromatic N) is 3. The van der Waals surface area contributed by atoms with Gasteiger partial charge in [-0.15, -0.1) is 0 Å². The van der Waals surface area contributed by atoms with Crippen molar-refractivity contribution < 1.29 is 4.42 Å². The van der Waals surface area contributed by atoms with E-state index in [-0.39, 0.29) is 0 Å². The zero-order valence-electron chi connectivity index (χ0n) is 27.5. The summed E-state index contributed by atoms with van der Waals surface area (Å²) in [7, 11) is 0. The lowest BCUT2D eigenvalue weighted by atomic mass is 9.89. The molecule has 10 rings (SSSR count). The number of fused-ring (bicyclic) bond motifs is 6. The van der Waals surface area contributed by atoms with E-state index in [1.807, 2.05) is 36.5 Å². The van der Waals surface area contributed by atoms with Crippen molar-refractivity contribution in [3.63, 3.8) is 0 Å². The molecule has 0 unspecified atom stereocenters. The van der Waals surface area contributed by atoms with Crippen LogP contribution in [0.1, 0.15) is 0 Å². The lowest BCUT2D eigenvalue weighted by molar-refractivity contribution is 0.654. The summed E-state index contributed by atoms with van der Waals surface area (Å²) in [5.41, 5.74) is 10.4. The van der Waals surface area contributed by atoms with Gasteiger partial charge in [0.05, 0.1) is 11.4 Å². The van der Waals surface area contributed by atoms with Crippen LogP contribution < -0.4 is 0 Å². The van der Waals surface area contributed by atoms with Gasteiger partial charge >= 0.3 is 0 Å². The Morgan fingerprint density at radius 2 is 1.00 bits per heavy atom. The molecule has 3 aromatic heterocycles. The van der Waals surface area contributed by atoms with Gasteiger partial charge in [-0.1, -0.05) is 140 Å². The Labute approximate surface area is 294 Å². The van der Waals surface area contributed by atoms with E-state index < -0.39 is 0 Å². The highest BCUT2D eigenvalue weighted by molar-refractivity contribution is 6.15. The van der Waals surface area contributed by atoms with Gasteiger partial charge in [0, 0.05) is 39.2 Å². The maximum atomic E-state index is 6.07. The van der Waals surface area contributed by atoms with Crippen LogP contribution in [0.2, 0.25) is 0 Å². The monoisotopic (exact) mass is 651 g/mol. The van der Waals surface area contributed by atoms with Crippen molar-refractivity contribution in [2.75, 3.05) is 0 Å². The molecular weight excluding hydrogens is 623 g/mol. The predicted octanol–water partition coefficient (Wildman–Crippen LogP) is 12.4. The van der Waals surface area contributed by atoms with E-state index in [1.54, 1.807) is 0 Å². The number of pyridine rings is 1. The molecule has 238 valence electrons. The maximum absolute atomic E-state index is 6.07. The second-order valence-electron chi connectivity index (χ2n) is 12.8. The molecular formula is C47H29N3O. The second kappa shape index (κ2) is 11.9. The van der Waals surface area contributed by atoms with Gasteiger partial charge in [0.25, 0.3) is 0 Å². The quantitative estimate of drug-likeness (QED) is 0.174. The van der Waals surface area contributed by atoms with E-state index in [1.165, 1.54) is 21.5 Å². The molecule has 51 heavy (non-hydrogen) atoms. The Kier molecular flexibility index (Phi) is 6.78. The third-order valence-electron chi connectivity index (χ3n) is 9.75. The predicted molar refractivity (Wildman–Crippen MR) is 209 cm³/mol. The van der Waals surface area contributed by atoms with Crippen LogP contribution in [0.25, 0.3) is 99.8 Å². The maximum Gasteiger partial charge on any atom is 0.227 e. The van der Waals surface area contributed by atoms with Gasteiger partial charge < -0.3 is 4.42 Å². The molecule has 0 saturated carbocycles. The first-order valence-corrected chi connectivity index (χ1v) is 17.1. The fourth-order valence-corrected chi connectivity index (χ4v) is 7.27. The van der Waals surface area contributed by atoms with Crippen LogP contribution in [0.3, 0.4) is 0 Å². The van der Waals surface area contributed by atoms with Gasteiger partial charge in [-0.25, -0.2) is 15.0 Å². The average Bonchev–Trinajstić information content (AvgIpc) is 3.59. The van der Waals surface area contributed by atoms with E-state index in [0.29, 0.717) is 11.5 Å². The summed E-state index contributed by atoms with van der Waals surface area (Å²) >= 11 is 0.